The smallest absolute Gasteiger partial charge is 0.238 e. The maximum absolute atomic E-state index is 11.9. The molecule has 1 aromatic carbocycles. The SMILES string of the molecule is CCOC1CC(CC(=O)Nc2cccc(S(N)(=O)=O)c2)C1. The van der Waals surface area contributed by atoms with E-state index >= 15 is 0 Å². The molecule has 1 saturated carbocycles. The summed E-state index contributed by atoms with van der Waals surface area (Å²) in [5, 5.41) is 7.76. The summed E-state index contributed by atoms with van der Waals surface area (Å²) in [5.74, 6) is 0.212. The Hall–Kier alpha value is -1.44. The standard InChI is InChI=1S/C14H20N2O4S/c1-2-20-12-6-10(7-12)8-14(17)16-11-4-3-5-13(9-11)21(15,18)19/h3-5,9-10,12H,2,6-8H2,1H3,(H,16,17)(H2,15,18,19). The van der Waals surface area contributed by atoms with Crippen molar-refractivity contribution in [1.29, 1.82) is 0 Å². The van der Waals surface area contributed by atoms with Crippen LogP contribution in [0.3, 0.4) is 0 Å². The van der Waals surface area contributed by atoms with Gasteiger partial charge in [-0.1, -0.05) is 6.07 Å². The van der Waals surface area contributed by atoms with E-state index in [4.69, 9.17) is 9.88 Å². The van der Waals surface area contributed by atoms with E-state index in [9.17, 15) is 13.2 Å². The van der Waals surface area contributed by atoms with Crippen molar-refractivity contribution < 1.29 is 17.9 Å². The van der Waals surface area contributed by atoms with E-state index in [-0.39, 0.29) is 16.9 Å². The second kappa shape index (κ2) is 6.55. The topological polar surface area (TPSA) is 98.5 Å². The summed E-state index contributed by atoms with van der Waals surface area (Å²) < 4.78 is 28.0. The number of primary sulfonamides is 1. The molecule has 1 aromatic rings. The minimum absolute atomic E-state index is 0.0136. The normalized spacial score (nSPS) is 21.6. The van der Waals surface area contributed by atoms with Crippen LogP contribution in [0.25, 0.3) is 0 Å². The van der Waals surface area contributed by atoms with Crippen LogP contribution >= 0.6 is 0 Å². The minimum atomic E-state index is -3.76. The summed E-state index contributed by atoms with van der Waals surface area (Å²) in [5.41, 5.74) is 0.437. The Kier molecular flexibility index (Phi) is 4.97. The molecule has 3 N–H and O–H groups in total. The van der Waals surface area contributed by atoms with E-state index in [0.717, 1.165) is 12.8 Å². The minimum Gasteiger partial charge on any atom is -0.378 e. The van der Waals surface area contributed by atoms with Crippen molar-refractivity contribution in [2.75, 3.05) is 11.9 Å². The van der Waals surface area contributed by atoms with Gasteiger partial charge >= 0.3 is 0 Å². The molecule has 0 saturated heterocycles. The number of sulfonamides is 1. The van der Waals surface area contributed by atoms with Crippen molar-refractivity contribution >= 4 is 21.6 Å². The molecule has 0 aliphatic heterocycles. The van der Waals surface area contributed by atoms with Gasteiger partial charge in [0.2, 0.25) is 15.9 Å². The van der Waals surface area contributed by atoms with Gasteiger partial charge in [0.15, 0.2) is 0 Å². The van der Waals surface area contributed by atoms with Gasteiger partial charge in [-0.15, -0.1) is 0 Å². The lowest BCUT2D eigenvalue weighted by Gasteiger charge is -2.34. The van der Waals surface area contributed by atoms with Crippen LogP contribution in [0.1, 0.15) is 26.2 Å². The van der Waals surface area contributed by atoms with Gasteiger partial charge in [-0.3, -0.25) is 4.79 Å². The summed E-state index contributed by atoms with van der Waals surface area (Å²) in [6.45, 7) is 2.66. The fourth-order valence-corrected chi connectivity index (χ4v) is 3.00. The molecule has 1 aliphatic rings. The largest absolute Gasteiger partial charge is 0.378 e. The zero-order valence-electron chi connectivity index (χ0n) is 11.9. The Morgan fingerprint density at radius 2 is 2.14 bits per heavy atom. The number of ether oxygens (including phenoxy) is 1. The molecule has 116 valence electrons. The summed E-state index contributed by atoms with van der Waals surface area (Å²) >= 11 is 0. The molecule has 0 unspecified atom stereocenters. The lowest BCUT2D eigenvalue weighted by molar-refractivity contribution is -0.119. The maximum Gasteiger partial charge on any atom is 0.238 e. The molecule has 0 radical (unpaired) electrons. The fourth-order valence-electron chi connectivity index (χ4n) is 2.44. The van der Waals surface area contributed by atoms with Crippen LogP contribution in [0.5, 0.6) is 0 Å². The van der Waals surface area contributed by atoms with Crippen molar-refractivity contribution in [3.8, 4) is 0 Å². The number of rotatable bonds is 6. The highest BCUT2D eigenvalue weighted by Crippen LogP contribution is 2.32. The lowest BCUT2D eigenvalue weighted by atomic mass is 9.80. The third kappa shape index (κ3) is 4.52. The first-order valence-electron chi connectivity index (χ1n) is 6.92. The number of nitrogens with two attached hydrogens (primary N) is 1. The van der Waals surface area contributed by atoms with E-state index in [1.54, 1.807) is 12.1 Å². The van der Waals surface area contributed by atoms with Gasteiger partial charge in [0.25, 0.3) is 0 Å². The molecule has 21 heavy (non-hydrogen) atoms. The van der Waals surface area contributed by atoms with E-state index in [2.05, 4.69) is 5.32 Å². The molecule has 0 atom stereocenters. The molecule has 2 rings (SSSR count). The number of anilines is 1. The summed E-state index contributed by atoms with van der Waals surface area (Å²) in [4.78, 5) is 11.9. The fraction of sp³-hybridized carbons (Fsp3) is 0.500. The molecule has 1 aliphatic carbocycles. The second-order valence-corrected chi connectivity index (χ2v) is 6.80. The van der Waals surface area contributed by atoms with Crippen molar-refractivity contribution in [1.82, 2.24) is 0 Å². The van der Waals surface area contributed by atoms with Crippen LogP contribution in [0, 0.1) is 5.92 Å². The molecule has 1 amide bonds. The number of nitrogens with one attached hydrogen (secondary N) is 1. The second-order valence-electron chi connectivity index (χ2n) is 5.24. The molecular weight excluding hydrogens is 292 g/mol. The molecule has 1 fully saturated rings. The van der Waals surface area contributed by atoms with E-state index in [1.165, 1.54) is 12.1 Å². The molecule has 0 bridgehead atoms. The van der Waals surface area contributed by atoms with Gasteiger partial charge in [-0.25, -0.2) is 13.6 Å². The van der Waals surface area contributed by atoms with Crippen LogP contribution in [-0.2, 0) is 19.6 Å². The van der Waals surface area contributed by atoms with E-state index in [0.29, 0.717) is 24.6 Å². The highest BCUT2D eigenvalue weighted by atomic mass is 32.2. The summed E-state index contributed by atoms with van der Waals surface area (Å²) in [7, 11) is -3.76. The summed E-state index contributed by atoms with van der Waals surface area (Å²) in [6, 6.07) is 5.93. The van der Waals surface area contributed by atoms with Crippen LogP contribution in [0.15, 0.2) is 29.2 Å². The zero-order chi connectivity index (χ0) is 15.5. The van der Waals surface area contributed by atoms with Gasteiger partial charge in [0, 0.05) is 18.7 Å². The van der Waals surface area contributed by atoms with Gasteiger partial charge in [-0.2, -0.15) is 0 Å². The molecule has 0 aromatic heterocycles. The maximum atomic E-state index is 11.9. The van der Waals surface area contributed by atoms with Crippen LogP contribution in [-0.4, -0.2) is 27.0 Å². The average molecular weight is 312 g/mol. The Balaban J connectivity index is 1.86. The highest BCUT2D eigenvalue weighted by molar-refractivity contribution is 7.89. The lowest BCUT2D eigenvalue weighted by Crippen LogP contribution is -2.33. The number of carbonyl (C=O) groups is 1. The Morgan fingerprint density at radius 1 is 1.43 bits per heavy atom. The third-order valence-electron chi connectivity index (χ3n) is 3.52. The zero-order valence-corrected chi connectivity index (χ0v) is 12.7. The average Bonchev–Trinajstić information content (AvgIpc) is 2.35. The third-order valence-corrected chi connectivity index (χ3v) is 4.43. The molecule has 0 heterocycles. The van der Waals surface area contributed by atoms with E-state index in [1.807, 2.05) is 6.92 Å². The van der Waals surface area contributed by atoms with Crippen molar-refractivity contribution in [2.24, 2.45) is 11.1 Å². The first-order chi connectivity index (χ1) is 9.88. The van der Waals surface area contributed by atoms with E-state index < -0.39 is 10.0 Å². The van der Waals surface area contributed by atoms with Crippen LogP contribution in [0.4, 0.5) is 5.69 Å². The van der Waals surface area contributed by atoms with Gasteiger partial charge in [0.1, 0.15) is 0 Å². The number of hydrogen-bond donors (Lipinski definition) is 2. The first-order valence-corrected chi connectivity index (χ1v) is 8.47. The quantitative estimate of drug-likeness (QED) is 0.831. The predicted octanol–water partition coefficient (Wildman–Crippen LogP) is 1.48. The number of amides is 1. The Bertz CT molecular complexity index is 609. The highest BCUT2D eigenvalue weighted by Gasteiger charge is 2.31. The Labute approximate surface area is 124 Å². The van der Waals surface area contributed by atoms with Crippen molar-refractivity contribution in [3.63, 3.8) is 0 Å². The van der Waals surface area contributed by atoms with Crippen molar-refractivity contribution in [2.45, 2.75) is 37.2 Å². The molecule has 0 spiro atoms. The van der Waals surface area contributed by atoms with Crippen LogP contribution < -0.4 is 10.5 Å². The number of hydrogen-bond acceptors (Lipinski definition) is 4. The van der Waals surface area contributed by atoms with Crippen LogP contribution in [0.2, 0.25) is 0 Å². The van der Waals surface area contributed by atoms with Crippen molar-refractivity contribution in [3.05, 3.63) is 24.3 Å². The monoisotopic (exact) mass is 312 g/mol. The molecule has 7 heteroatoms. The van der Waals surface area contributed by atoms with Gasteiger partial charge in [0.05, 0.1) is 11.0 Å². The predicted molar refractivity (Wildman–Crippen MR) is 79.2 cm³/mol. The van der Waals surface area contributed by atoms with Gasteiger partial charge in [-0.05, 0) is 43.9 Å². The summed E-state index contributed by atoms with van der Waals surface area (Å²) in [6.07, 6.45) is 2.50. The van der Waals surface area contributed by atoms with Gasteiger partial charge < -0.3 is 10.1 Å². The first kappa shape index (κ1) is 15.9. The number of benzene rings is 1. The Morgan fingerprint density at radius 3 is 2.76 bits per heavy atom. The number of carbonyl (C=O) groups excluding carboxylic acids is 1. The molecular formula is C14H20N2O4S. The molecule has 6 nitrogen and oxygen atoms in total.